The summed E-state index contributed by atoms with van der Waals surface area (Å²) in [5.41, 5.74) is 2.23. The molecule has 0 saturated heterocycles. The van der Waals surface area contributed by atoms with E-state index in [1.54, 1.807) is 0 Å². The molecule has 0 radical (unpaired) electrons. The van der Waals surface area contributed by atoms with E-state index < -0.39 is 0 Å². The summed E-state index contributed by atoms with van der Waals surface area (Å²) in [5.74, 6) is 0. The number of anilines is 1. The van der Waals surface area contributed by atoms with Crippen molar-refractivity contribution >= 4 is 51.5 Å². The number of halogens is 3. The maximum Gasteiger partial charge on any atom is 0.0479 e. The largest absolute Gasteiger partial charge is 0.380 e. The molecule has 88 valence electrons. The Morgan fingerprint density at radius 3 is 2.47 bits per heavy atom. The lowest BCUT2D eigenvalue weighted by molar-refractivity contribution is 1.15. The van der Waals surface area contributed by atoms with Crippen LogP contribution in [-0.4, -0.2) is 0 Å². The van der Waals surface area contributed by atoms with Crippen LogP contribution in [0.5, 0.6) is 0 Å². The predicted molar refractivity (Wildman–Crippen MR) is 82.9 cm³/mol. The van der Waals surface area contributed by atoms with Gasteiger partial charge in [0.15, 0.2) is 0 Å². The summed E-state index contributed by atoms with van der Waals surface area (Å²) in [7, 11) is 0. The van der Waals surface area contributed by atoms with Gasteiger partial charge >= 0.3 is 0 Å². The zero-order chi connectivity index (χ0) is 12.3. The molecule has 0 fully saturated rings. The van der Waals surface area contributed by atoms with Crippen LogP contribution in [0.15, 0.2) is 42.5 Å². The Morgan fingerprint density at radius 1 is 1.00 bits per heavy atom. The molecule has 2 aromatic carbocycles. The molecule has 0 spiro atoms. The van der Waals surface area contributed by atoms with Gasteiger partial charge < -0.3 is 5.32 Å². The highest BCUT2D eigenvalue weighted by Gasteiger charge is 2.00. The second-order valence-corrected chi connectivity index (χ2v) is 5.64. The Kier molecular flexibility index (Phi) is 4.54. The molecule has 0 unspecified atom stereocenters. The third-order valence-corrected chi connectivity index (χ3v) is 3.67. The van der Waals surface area contributed by atoms with Crippen LogP contribution in [-0.2, 0) is 6.54 Å². The molecule has 2 rings (SSSR count). The Hall–Kier alpha value is -0.450. The molecule has 1 N–H and O–H groups in total. The van der Waals surface area contributed by atoms with Gasteiger partial charge in [-0.25, -0.2) is 0 Å². The Morgan fingerprint density at radius 2 is 1.76 bits per heavy atom. The Labute approximate surface area is 124 Å². The van der Waals surface area contributed by atoms with Crippen LogP contribution in [0, 0.1) is 3.57 Å². The molecule has 0 atom stereocenters. The van der Waals surface area contributed by atoms with E-state index in [1.165, 1.54) is 0 Å². The summed E-state index contributed by atoms with van der Waals surface area (Å²) < 4.78 is 1.11. The lowest BCUT2D eigenvalue weighted by atomic mass is 10.2. The zero-order valence-corrected chi connectivity index (χ0v) is 12.6. The molecule has 1 nitrogen and oxygen atoms in total. The van der Waals surface area contributed by atoms with Crippen molar-refractivity contribution in [1.82, 2.24) is 0 Å². The molecule has 0 bridgehead atoms. The maximum atomic E-state index is 5.93. The van der Waals surface area contributed by atoms with Gasteiger partial charge in [0.2, 0.25) is 0 Å². The number of hydrogen-bond donors (Lipinski definition) is 1. The monoisotopic (exact) mass is 377 g/mol. The molecule has 0 amide bonds. The van der Waals surface area contributed by atoms with Crippen LogP contribution in [0.4, 0.5) is 5.69 Å². The first-order valence-corrected chi connectivity index (χ1v) is 6.92. The van der Waals surface area contributed by atoms with Crippen LogP contribution in [0.25, 0.3) is 0 Å². The average molecular weight is 378 g/mol. The van der Waals surface area contributed by atoms with Gasteiger partial charge in [0.1, 0.15) is 0 Å². The van der Waals surface area contributed by atoms with Gasteiger partial charge in [-0.1, -0.05) is 35.3 Å². The van der Waals surface area contributed by atoms with Crippen molar-refractivity contribution in [1.29, 1.82) is 0 Å². The summed E-state index contributed by atoms with van der Waals surface area (Å²) in [4.78, 5) is 0. The second kappa shape index (κ2) is 5.94. The zero-order valence-electron chi connectivity index (χ0n) is 8.88. The highest BCUT2D eigenvalue weighted by atomic mass is 127. The van der Waals surface area contributed by atoms with E-state index in [4.69, 9.17) is 23.2 Å². The molecule has 0 aromatic heterocycles. The van der Waals surface area contributed by atoms with Crippen molar-refractivity contribution < 1.29 is 0 Å². The first-order chi connectivity index (χ1) is 8.15. The number of rotatable bonds is 3. The Bertz CT molecular complexity index is 529. The molecule has 0 aliphatic rings. The summed E-state index contributed by atoms with van der Waals surface area (Å²) in [5, 5.41) is 4.87. The lowest BCUT2D eigenvalue weighted by Gasteiger charge is -2.09. The van der Waals surface area contributed by atoms with E-state index in [2.05, 4.69) is 27.9 Å². The van der Waals surface area contributed by atoms with Gasteiger partial charge in [-0.15, -0.1) is 0 Å². The fraction of sp³-hybridized carbons (Fsp3) is 0.0769. The van der Waals surface area contributed by atoms with Gasteiger partial charge in [0, 0.05) is 25.8 Å². The minimum Gasteiger partial charge on any atom is -0.380 e. The van der Waals surface area contributed by atoms with E-state index in [0.29, 0.717) is 0 Å². The van der Waals surface area contributed by atoms with E-state index in [1.807, 2.05) is 42.5 Å². The summed E-state index contributed by atoms with van der Waals surface area (Å²) in [6, 6.07) is 13.6. The van der Waals surface area contributed by atoms with Crippen molar-refractivity contribution in [2.75, 3.05) is 5.32 Å². The number of nitrogens with one attached hydrogen (secondary N) is 1. The second-order valence-electron chi connectivity index (χ2n) is 3.61. The van der Waals surface area contributed by atoms with Gasteiger partial charge in [-0.2, -0.15) is 0 Å². The highest BCUT2D eigenvalue weighted by Crippen LogP contribution is 2.23. The SMILES string of the molecule is Clc1cccc(CNc2ccc(Cl)cc2I)c1. The highest BCUT2D eigenvalue weighted by molar-refractivity contribution is 14.1. The third-order valence-electron chi connectivity index (χ3n) is 2.30. The van der Waals surface area contributed by atoms with E-state index in [0.717, 1.165) is 31.4 Å². The maximum absolute atomic E-state index is 5.93. The van der Waals surface area contributed by atoms with Crippen molar-refractivity contribution in [3.63, 3.8) is 0 Å². The van der Waals surface area contributed by atoms with Crippen molar-refractivity contribution in [2.24, 2.45) is 0 Å². The van der Waals surface area contributed by atoms with Gasteiger partial charge in [-0.05, 0) is 58.5 Å². The van der Waals surface area contributed by atoms with Gasteiger partial charge in [-0.3, -0.25) is 0 Å². The molecule has 4 heteroatoms. The summed E-state index contributed by atoms with van der Waals surface area (Å²) in [6.07, 6.45) is 0. The van der Waals surface area contributed by atoms with Crippen molar-refractivity contribution in [3.05, 3.63) is 61.6 Å². The summed E-state index contributed by atoms with van der Waals surface area (Å²) >= 11 is 14.1. The molecular weight excluding hydrogens is 368 g/mol. The normalized spacial score (nSPS) is 10.3. The molecule has 0 heterocycles. The standard InChI is InChI=1S/C13H10Cl2IN/c14-10-3-1-2-9(6-10)8-17-13-5-4-11(15)7-12(13)16/h1-7,17H,8H2. The lowest BCUT2D eigenvalue weighted by Crippen LogP contribution is -2.00. The third kappa shape index (κ3) is 3.76. The smallest absolute Gasteiger partial charge is 0.0479 e. The predicted octanol–water partition coefficient (Wildman–Crippen LogP) is 5.21. The van der Waals surface area contributed by atoms with E-state index >= 15 is 0 Å². The van der Waals surface area contributed by atoms with Crippen LogP contribution in [0.3, 0.4) is 0 Å². The molecule has 0 aliphatic carbocycles. The fourth-order valence-electron chi connectivity index (χ4n) is 1.48. The van der Waals surface area contributed by atoms with E-state index in [-0.39, 0.29) is 0 Å². The number of benzene rings is 2. The van der Waals surface area contributed by atoms with E-state index in [9.17, 15) is 0 Å². The first kappa shape index (κ1) is 13.0. The quantitative estimate of drug-likeness (QED) is 0.724. The molecule has 17 heavy (non-hydrogen) atoms. The van der Waals surface area contributed by atoms with Crippen LogP contribution < -0.4 is 5.32 Å². The minimum absolute atomic E-state index is 0.748. The molecule has 0 saturated carbocycles. The first-order valence-electron chi connectivity index (χ1n) is 5.08. The van der Waals surface area contributed by atoms with Crippen LogP contribution in [0.2, 0.25) is 10.0 Å². The van der Waals surface area contributed by atoms with Crippen molar-refractivity contribution in [2.45, 2.75) is 6.54 Å². The van der Waals surface area contributed by atoms with Crippen LogP contribution in [0.1, 0.15) is 5.56 Å². The van der Waals surface area contributed by atoms with Crippen molar-refractivity contribution in [3.8, 4) is 0 Å². The summed E-state index contributed by atoms with van der Waals surface area (Å²) in [6.45, 7) is 0.748. The number of hydrogen-bond acceptors (Lipinski definition) is 1. The topological polar surface area (TPSA) is 12.0 Å². The van der Waals surface area contributed by atoms with Crippen LogP contribution >= 0.6 is 45.8 Å². The minimum atomic E-state index is 0.748. The Balaban J connectivity index is 2.07. The molecule has 0 aliphatic heterocycles. The average Bonchev–Trinajstić information content (AvgIpc) is 2.28. The fourth-order valence-corrected chi connectivity index (χ4v) is 2.75. The molecule has 2 aromatic rings. The van der Waals surface area contributed by atoms with Gasteiger partial charge in [0.25, 0.3) is 0 Å². The van der Waals surface area contributed by atoms with Gasteiger partial charge in [0.05, 0.1) is 0 Å². The molecular formula is C13H10Cl2IN.